The molecule has 0 aliphatic heterocycles. The van der Waals surface area contributed by atoms with Gasteiger partial charge in [0, 0.05) is 0 Å². The van der Waals surface area contributed by atoms with Gasteiger partial charge in [0.2, 0.25) is 0 Å². The lowest BCUT2D eigenvalue weighted by atomic mass is 10.4. The highest BCUT2D eigenvalue weighted by Crippen LogP contribution is 1.80. The van der Waals surface area contributed by atoms with E-state index in [0.29, 0.717) is 0 Å². The first-order valence-corrected chi connectivity index (χ1v) is 2.85. The van der Waals surface area contributed by atoms with Crippen LogP contribution in [0.3, 0.4) is 0 Å². The van der Waals surface area contributed by atoms with Crippen molar-refractivity contribution in [1.82, 2.24) is 0 Å². The Kier molecular flexibility index (Phi) is 6.22. The van der Waals surface area contributed by atoms with Gasteiger partial charge in [0.05, 0.1) is 0 Å². The molecular weight excluding hydrogens is 116 g/mol. The second kappa shape index (κ2) is 6.57. The summed E-state index contributed by atoms with van der Waals surface area (Å²) in [6.45, 7) is 3.51. The minimum absolute atomic E-state index is 1.67. The van der Waals surface area contributed by atoms with Crippen molar-refractivity contribution in [3.8, 4) is 0 Å². The van der Waals surface area contributed by atoms with Crippen LogP contribution < -0.4 is 0 Å². The molecule has 43 valence electrons. The summed E-state index contributed by atoms with van der Waals surface area (Å²) in [4.78, 5) is 0. The highest BCUT2D eigenvalue weighted by molar-refractivity contribution is 7.83. The molecule has 0 aliphatic carbocycles. The third-order valence-electron chi connectivity index (χ3n) is 0.555. The largest absolute Gasteiger partial charge is 0.151 e. The van der Waals surface area contributed by atoms with Gasteiger partial charge in [0.1, 0.15) is 0 Å². The van der Waals surface area contributed by atoms with E-state index in [1.54, 1.807) is 11.5 Å². The van der Waals surface area contributed by atoms with E-state index in [1.165, 1.54) is 0 Å². The zero-order chi connectivity index (χ0) is 6.24. The molecule has 0 amide bonds. The fraction of sp³-hybridized carbons (Fsp3) is 0. The molecule has 0 aromatic carbocycles. The van der Waals surface area contributed by atoms with Gasteiger partial charge in [-0.2, -0.15) is 12.6 Å². The number of allylic oxidation sites excluding steroid dienone is 5. The van der Waals surface area contributed by atoms with Crippen LogP contribution in [0.15, 0.2) is 35.8 Å². The van der Waals surface area contributed by atoms with Crippen LogP contribution in [-0.4, -0.2) is 0 Å². The van der Waals surface area contributed by atoms with Gasteiger partial charge in [-0.05, 0) is 12.3 Å². The van der Waals surface area contributed by atoms with E-state index >= 15 is 0 Å². The average molecular weight is 125 g/mol. The van der Waals surface area contributed by atoms with Crippen molar-refractivity contribution in [2.24, 2.45) is 0 Å². The van der Waals surface area contributed by atoms with Crippen molar-refractivity contribution in [1.29, 1.82) is 0 Å². The Morgan fingerprint density at radius 1 is 1.00 bits per heavy atom. The molecule has 0 fully saturated rings. The molecule has 0 aliphatic rings. The van der Waals surface area contributed by atoms with Gasteiger partial charge >= 0.3 is 0 Å². The summed E-state index contributed by atoms with van der Waals surface area (Å²) in [5.74, 6) is 0. The average Bonchev–Trinajstić information content (AvgIpc) is 1.81. The van der Waals surface area contributed by atoms with E-state index in [0.717, 1.165) is 0 Å². The first-order valence-electron chi connectivity index (χ1n) is 2.33. The molecule has 0 N–H and O–H groups in total. The third kappa shape index (κ3) is 5.57. The van der Waals surface area contributed by atoms with Gasteiger partial charge in [0.25, 0.3) is 0 Å². The Labute approximate surface area is 56.0 Å². The van der Waals surface area contributed by atoms with E-state index < -0.39 is 0 Å². The maximum Gasteiger partial charge on any atom is -0.0313 e. The molecule has 0 unspecified atom stereocenters. The molecule has 0 spiro atoms. The summed E-state index contributed by atoms with van der Waals surface area (Å²) in [7, 11) is 0. The molecule has 0 nitrogen and oxygen atoms in total. The van der Waals surface area contributed by atoms with Crippen LogP contribution in [-0.2, 0) is 0 Å². The monoisotopic (exact) mass is 125 g/mol. The van der Waals surface area contributed by atoms with E-state index in [2.05, 4.69) is 19.6 Å². The van der Waals surface area contributed by atoms with Crippen molar-refractivity contribution < 1.29 is 0 Å². The number of hydrogen-bond acceptors (Lipinski definition) is 1. The maximum absolute atomic E-state index is 3.85. The fourth-order valence-corrected chi connectivity index (χ4v) is 0.356. The van der Waals surface area contributed by atoms with Crippen LogP contribution in [0.25, 0.3) is 0 Å². The van der Waals surface area contributed by atoms with Crippen LogP contribution in [0.5, 0.6) is 0 Å². The van der Waals surface area contributed by atoms with Gasteiger partial charge < -0.3 is 0 Å². The maximum atomic E-state index is 3.85. The first-order chi connectivity index (χ1) is 3.91. The van der Waals surface area contributed by atoms with Gasteiger partial charge in [0.15, 0.2) is 0 Å². The predicted octanol–water partition coefficient (Wildman–Crippen LogP) is 2.38. The lowest BCUT2D eigenvalue weighted by Gasteiger charge is -1.67. The van der Waals surface area contributed by atoms with Crippen LogP contribution >= 0.6 is 12.6 Å². The number of thiol groups is 1. The highest BCUT2D eigenvalue weighted by Gasteiger charge is 1.55. The lowest BCUT2D eigenvalue weighted by Crippen LogP contribution is -1.45. The highest BCUT2D eigenvalue weighted by atomic mass is 32.1. The van der Waals surface area contributed by atoms with Gasteiger partial charge in [-0.3, -0.25) is 0 Å². The summed E-state index contributed by atoms with van der Waals surface area (Å²) in [6, 6.07) is 0. The van der Waals surface area contributed by atoms with E-state index in [4.69, 9.17) is 0 Å². The minimum atomic E-state index is 1.67. The molecule has 0 aromatic rings. The summed E-state index contributed by atoms with van der Waals surface area (Å²) in [5, 5.41) is 1.67. The smallest absolute Gasteiger partial charge is 0.0313 e. The summed E-state index contributed by atoms with van der Waals surface area (Å²) >= 11 is 3.85. The second-order valence-electron chi connectivity index (χ2n) is 1.15. The standard InChI is InChI=1S/C7H9S/c1-2-3-4-5-6-7-8/h2-8H,1H2/b3-2-,5-4-,7-6?. The Morgan fingerprint density at radius 2 is 1.62 bits per heavy atom. The van der Waals surface area contributed by atoms with Gasteiger partial charge in [-0.15, -0.1) is 0 Å². The Hall–Kier alpha value is -0.430. The summed E-state index contributed by atoms with van der Waals surface area (Å²) in [6.07, 6.45) is 9.19. The zero-order valence-electron chi connectivity index (χ0n) is 4.62. The summed E-state index contributed by atoms with van der Waals surface area (Å²) in [5.41, 5.74) is 0. The van der Waals surface area contributed by atoms with Crippen LogP contribution in [0, 0.1) is 6.92 Å². The Morgan fingerprint density at radius 3 is 2.12 bits per heavy atom. The first kappa shape index (κ1) is 7.57. The number of rotatable bonds is 2. The molecule has 0 atom stereocenters. The van der Waals surface area contributed by atoms with Crippen LogP contribution in [0.4, 0.5) is 0 Å². The zero-order valence-corrected chi connectivity index (χ0v) is 5.51. The molecule has 1 heteroatoms. The molecule has 1 radical (unpaired) electrons. The molecular formula is C7H9S. The minimum Gasteiger partial charge on any atom is -0.151 e. The molecule has 0 saturated heterocycles. The topological polar surface area (TPSA) is 0 Å². The fourth-order valence-electron chi connectivity index (χ4n) is 0.257. The van der Waals surface area contributed by atoms with E-state index in [-0.39, 0.29) is 0 Å². The van der Waals surface area contributed by atoms with Crippen molar-refractivity contribution in [2.45, 2.75) is 0 Å². The normalized spacial score (nSPS) is 12.8. The van der Waals surface area contributed by atoms with Gasteiger partial charge in [-0.25, -0.2) is 0 Å². The number of hydrogen-bond donors (Lipinski definition) is 1. The van der Waals surface area contributed by atoms with Crippen molar-refractivity contribution in [3.63, 3.8) is 0 Å². The van der Waals surface area contributed by atoms with Gasteiger partial charge in [-0.1, -0.05) is 30.4 Å². The SMILES string of the molecule is [CH2]/C=C\C=C/C=CS. The predicted molar refractivity (Wildman–Crippen MR) is 41.8 cm³/mol. The van der Waals surface area contributed by atoms with E-state index in [1.807, 2.05) is 24.3 Å². The van der Waals surface area contributed by atoms with E-state index in [9.17, 15) is 0 Å². The van der Waals surface area contributed by atoms with Crippen LogP contribution in [0.1, 0.15) is 0 Å². The van der Waals surface area contributed by atoms with Crippen molar-refractivity contribution in [3.05, 3.63) is 42.7 Å². The molecule has 0 bridgehead atoms. The van der Waals surface area contributed by atoms with Crippen molar-refractivity contribution in [2.75, 3.05) is 0 Å². The second-order valence-corrected chi connectivity index (χ2v) is 1.45. The van der Waals surface area contributed by atoms with Crippen LogP contribution in [0.2, 0.25) is 0 Å². The Bertz CT molecular complexity index is 95.6. The molecule has 8 heavy (non-hydrogen) atoms. The molecule has 0 rings (SSSR count). The third-order valence-corrected chi connectivity index (χ3v) is 0.728. The quantitative estimate of drug-likeness (QED) is 0.425. The lowest BCUT2D eigenvalue weighted by molar-refractivity contribution is 1.91. The molecule has 0 saturated carbocycles. The molecule has 0 heterocycles. The Balaban J connectivity index is 3.35. The molecule has 0 aromatic heterocycles. The summed E-state index contributed by atoms with van der Waals surface area (Å²) < 4.78 is 0. The van der Waals surface area contributed by atoms with Crippen molar-refractivity contribution >= 4 is 12.6 Å².